The zero-order valence-electron chi connectivity index (χ0n) is 23.4. The van der Waals surface area contributed by atoms with Crippen molar-refractivity contribution < 1.29 is 9.53 Å². The molecule has 2 N–H and O–H groups in total. The third-order valence-electron chi connectivity index (χ3n) is 8.44. The molecule has 1 aliphatic carbocycles. The van der Waals surface area contributed by atoms with E-state index >= 15 is 0 Å². The molecule has 4 bridgehead atoms. The first-order valence-electron chi connectivity index (χ1n) is 14.6. The molecule has 5 heterocycles. The number of amides is 1. The maximum Gasteiger partial charge on any atom is 0.265 e. The van der Waals surface area contributed by atoms with Gasteiger partial charge in [-0.15, -0.1) is 5.10 Å². The van der Waals surface area contributed by atoms with E-state index in [9.17, 15) is 4.79 Å². The number of carbonyl (C=O) groups is 1. The Balaban J connectivity index is 1.27. The van der Waals surface area contributed by atoms with Gasteiger partial charge in [0.1, 0.15) is 16.7 Å². The summed E-state index contributed by atoms with van der Waals surface area (Å²) in [4.78, 5) is 25.5. The largest absolute Gasteiger partial charge is 0.477 e. The Kier molecular flexibility index (Phi) is 7.87. The first-order valence-corrected chi connectivity index (χ1v) is 15.4. The molecule has 2 aliphatic heterocycles. The van der Waals surface area contributed by atoms with Crippen LogP contribution in [0.3, 0.4) is 0 Å². The van der Waals surface area contributed by atoms with Gasteiger partial charge >= 0.3 is 0 Å². The van der Waals surface area contributed by atoms with Gasteiger partial charge in [-0.25, -0.2) is 14.6 Å². The Morgan fingerprint density at radius 2 is 1.95 bits per heavy atom. The number of rotatable bonds is 5. The van der Waals surface area contributed by atoms with Crippen molar-refractivity contribution in [2.24, 2.45) is 11.8 Å². The lowest BCUT2D eigenvalue weighted by Gasteiger charge is -2.34. The van der Waals surface area contributed by atoms with E-state index in [1.807, 2.05) is 42.6 Å². The Morgan fingerprint density at radius 1 is 1.07 bits per heavy atom. The van der Waals surface area contributed by atoms with Gasteiger partial charge in [-0.1, -0.05) is 31.7 Å². The summed E-state index contributed by atoms with van der Waals surface area (Å²) in [5.74, 6) is 3.90. The van der Waals surface area contributed by atoms with Crippen molar-refractivity contribution in [3.8, 4) is 11.7 Å². The molecule has 6 rings (SSSR count). The molecule has 2 fully saturated rings. The highest BCUT2D eigenvalue weighted by Crippen LogP contribution is 2.40. The number of aromatic nitrogens is 4. The van der Waals surface area contributed by atoms with Crippen LogP contribution in [0.25, 0.3) is 5.82 Å². The second kappa shape index (κ2) is 11.7. The van der Waals surface area contributed by atoms with Crippen LogP contribution >= 0.6 is 11.9 Å². The first kappa shape index (κ1) is 26.9. The summed E-state index contributed by atoms with van der Waals surface area (Å²) < 4.78 is 10.7. The topological polar surface area (TPSA) is 97.2 Å². The van der Waals surface area contributed by atoms with E-state index in [1.54, 1.807) is 4.68 Å². The summed E-state index contributed by atoms with van der Waals surface area (Å²) in [5, 5.41) is 8.82. The molecule has 0 unspecified atom stereocenters. The Labute approximate surface area is 240 Å². The summed E-state index contributed by atoms with van der Waals surface area (Å²) in [6, 6.07) is 11.4. The van der Waals surface area contributed by atoms with Crippen LogP contribution < -0.4 is 19.7 Å². The number of hydrogen-bond donors (Lipinski definition) is 2. The highest BCUT2D eigenvalue weighted by Gasteiger charge is 2.40. The number of nitrogens with zero attached hydrogens (tertiary/aromatic N) is 5. The van der Waals surface area contributed by atoms with E-state index in [0.29, 0.717) is 35.6 Å². The van der Waals surface area contributed by atoms with Crippen molar-refractivity contribution in [1.29, 1.82) is 0 Å². The number of carbonyl (C=O) groups excluding carboxylic acids is 1. The predicted molar refractivity (Wildman–Crippen MR) is 158 cm³/mol. The van der Waals surface area contributed by atoms with E-state index in [4.69, 9.17) is 9.72 Å². The monoisotopic (exact) mass is 561 g/mol. The van der Waals surface area contributed by atoms with Crippen LogP contribution in [0.2, 0.25) is 0 Å². The molecule has 212 valence electrons. The van der Waals surface area contributed by atoms with Gasteiger partial charge in [0.15, 0.2) is 5.82 Å². The van der Waals surface area contributed by atoms with Crippen molar-refractivity contribution in [2.45, 2.75) is 75.8 Å². The molecule has 40 heavy (non-hydrogen) atoms. The normalized spacial score (nSPS) is 21.2. The van der Waals surface area contributed by atoms with Crippen LogP contribution in [0.1, 0.15) is 75.6 Å². The van der Waals surface area contributed by atoms with Crippen molar-refractivity contribution in [2.75, 3.05) is 29.9 Å². The molecule has 3 aromatic heterocycles. The zero-order chi connectivity index (χ0) is 27.5. The molecular weight excluding hydrogens is 522 g/mol. The number of fused-ring (bicyclic) bond motifs is 6. The Morgan fingerprint density at radius 3 is 2.83 bits per heavy atom. The summed E-state index contributed by atoms with van der Waals surface area (Å²) in [6.45, 7) is 6.91. The van der Waals surface area contributed by atoms with Crippen LogP contribution in [0.5, 0.6) is 5.88 Å². The molecule has 0 spiro atoms. The fourth-order valence-corrected chi connectivity index (χ4v) is 6.97. The molecule has 10 heteroatoms. The van der Waals surface area contributed by atoms with Gasteiger partial charge in [0, 0.05) is 42.8 Å². The van der Waals surface area contributed by atoms with Crippen LogP contribution in [0, 0.1) is 11.8 Å². The van der Waals surface area contributed by atoms with Crippen LogP contribution in [-0.2, 0) is 0 Å². The van der Waals surface area contributed by atoms with E-state index in [0.717, 1.165) is 55.5 Å². The molecule has 1 amide bonds. The fourth-order valence-electron chi connectivity index (χ4n) is 6.37. The summed E-state index contributed by atoms with van der Waals surface area (Å²) >= 11 is 1.22. The number of ether oxygens (including phenoxy) is 1. The molecular formula is C30H39N7O2S. The predicted octanol–water partition coefficient (Wildman–Crippen LogP) is 5.87. The van der Waals surface area contributed by atoms with Crippen molar-refractivity contribution in [1.82, 2.24) is 24.5 Å². The average Bonchev–Trinajstić information content (AvgIpc) is 3.70. The van der Waals surface area contributed by atoms with E-state index < -0.39 is 0 Å². The maximum atomic E-state index is 13.5. The molecule has 9 nitrogen and oxygen atoms in total. The molecule has 0 aromatic carbocycles. The molecule has 1 saturated heterocycles. The van der Waals surface area contributed by atoms with E-state index in [-0.39, 0.29) is 11.4 Å². The third-order valence-corrected chi connectivity index (χ3v) is 9.16. The van der Waals surface area contributed by atoms with Crippen LogP contribution in [0.15, 0.2) is 47.6 Å². The molecule has 3 aromatic rings. The minimum atomic E-state index is -0.190. The lowest BCUT2D eigenvalue weighted by Crippen LogP contribution is -2.40. The van der Waals surface area contributed by atoms with Gasteiger partial charge in [-0.05, 0) is 75.6 Å². The highest BCUT2D eigenvalue weighted by atomic mass is 32.2. The second-order valence-corrected chi connectivity index (χ2v) is 12.7. The summed E-state index contributed by atoms with van der Waals surface area (Å²) in [6.07, 6.45) is 11.5. The minimum Gasteiger partial charge on any atom is -0.477 e. The third kappa shape index (κ3) is 6.06. The first-order chi connectivity index (χ1) is 19.4. The van der Waals surface area contributed by atoms with Gasteiger partial charge < -0.3 is 15.0 Å². The van der Waals surface area contributed by atoms with Gasteiger partial charge in [0.25, 0.3) is 5.91 Å². The van der Waals surface area contributed by atoms with E-state index in [2.05, 4.69) is 38.9 Å². The van der Waals surface area contributed by atoms with Crippen molar-refractivity contribution >= 4 is 29.5 Å². The van der Waals surface area contributed by atoms with Gasteiger partial charge in [0.05, 0.1) is 12.2 Å². The fraction of sp³-hybridized carbons (Fsp3) is 0.533. The molecule has 1 saturated carbocycles. The van der Waals surface area contributed by atoms with Gasteiger partial charge in [0.2, 0.25) is 5.88 Å². The number of nitrogens with one attached hydrogen (secondary N) is 2. The molecule has 3 aliphatic rings. The zero-order valence-corrected chi connectivity index (χ0v) is 24.3. The SMILES string of the molecule is CC1(C)C[C@@H]2CCCNc3cccc(n3)SNC(=O)c3ccc(-n4ccc(OCCC5CCCC5)n4)nc3N1C2. The number of pyridine rings is 2. The maximum absolute atomic E-state index is 13.5. The Hall–Kier alpha value is -3.27. The minimum absolute atomic E-state index is 0.132. The quantitative estimate of drug-likeness (QED) is 0.374. The van der Waals surface area contributed by atoms with Gasteiger partial charge in [-0.3, -0.25) is 9.52 Å². The Bertz CT molecular complexity index is 1340. The second-order valence-electron chi connectivity index (χ2n) is 11.9. The van der Waals surface area contributed by atoms with Gasteiger partial charge in [-0.2, -0.15) is 0 Å². The number of hydrogen-bond acceptors (Lipinski definition) is 8. The standard InChI is InChI=1S/C30H39N7O2S/c1-30(2)19-22-9-6-16-31-24-10-5-11-27(32-24)40-35-29(38)23-12-13-25(33-28(23)36(30)20-22)37-17-14-26(34-37)39-18-15-21-7-3-4-8-21/h5,10-14,17,21-22H,3-4,6-9,15-16,18-20H2,1-2H3,(H,31,32)(H,35,38)/t22-/m0/s1. The lowest BCUT2D eigenvalue weighted by atomic mass is 9.93. The van der Waals surface area contributed by atoms with Crippen molar-refractivity contribution in [3.63, 3.8) is 0 Å². The lowest BCUT2D eigenvalue weighted by molar-refractivity contribution is 0.0984. The van der Waals surface area contributed by atoms with E-state index in [1.165, 1.54) is 37.6 Å². The summed E-state index contributed by atoms with van der Waals surface area (Å²) in [5.41, 5.74) is 0.419. The van der Waals surface area contributed by atoms with Crippen LogP contribution in [-0.4, -0.2) is 50.9 Å². The average molecular weight is 562 g/mol. The number of anilines is 2. The smallest absolute Gasteiger partial charge is 0.265 e. The van der Waals surface area contributed by atoms with Crippen LogP contribution in [0.4, 0.5) is 11.6 Å². The molecule has 0 radical (unpaired) electrons. The summed E-state index contributed by atoms with van der Waals surface area (Å²) in [7, 11) is 0. The van der Waals surface area contributed by atoms with Crippen molar-refractivity contribution in [3.05, 3.63) is 48.2 Å². The highest BCUT2D eigenvalue weighted by molar-refractivity contribution is 7.97. The molecule has 1 atom stereocenters.